The Labute approximate surface area is 179 Å². The number of benzene rings is 3. The van der Waals surface area contributed by atoms with Crippen LogP contribution >= 0.6 is 23.4 Å². The molecule has 3 aromatic carbocycles. The van der Waals surface area contributed by atoms with E-state index in [4.69, 9.17) is 11.6 Å². The summed E-state index contributed by atoms with van der Waals surface area (Å²) in [6.45, 7) is 1.19. The first-order chi connectivity index (χ1) is 14.1. The van der Waals surface area contributed by atoms with Gasteiger partial charge in [-0.25, -0.2) is 0 Å². The number of hydrogen-bond acceptors (Lipinski definition) is 3. The van der Waals surface area contributed by atoms with Crippen LogP contribution in [0.15, 0.2) is 59.5 Å². The average molecular weight is 453 g/mol. The second-order valence-corrected chi connectivity index (χ2v) is 7.79. The van der Waals surface area contributed by atoms with Crippen molar-refractivity contribution >= 4 is 57.3 Å². The zero-order valence-electron chi connectivity index (χ0n) is 15.6. The number of rotatable bonds is 5. The molecule has 0 aliphatic rings. The van der Waals surface area contributed by atoms with Gasteiger partial charge in [0.25, 0.3) is 0 Å². The van der Waals surface area contributed by atoms with Crippen LogP contribution in [0.3, 0.4) is 0 Å². The van der Waals surface area contributed by atoms with Gasteiger partial charge in [-0.2, -0.15) is 13.2 Å². The van der Waals surface area contributed by atoms with Crippen molar-refractivity contribution in [3.8, 4) is 0 Å². The van der Waals surface area contributed by atoms with Crippen LogP contribution in [-0.2, 0) is 15.8 Å². The lowest BCUT2D eigenvalue weighted by Gasteiger charge is -2.15. The van der Waals surface area contributed by atoms with Gasteiger partial charge in [0.15, 0.2) is 0 Å². The fourth-order valence-corrected chi connectivity index (χ4v) is 4.13. The first-order valence-electron chi connectivity index (χ1n) is 8.74. The maximum absolute atomic E-state index is 13.4. The molecule has 0 aliphatic heterocycles. The van der Waals surface area contributed by atoms with Gasteiger partial charge < -0.3 is 10.6 Å². The molecule has 0 aliphatic carbocycles. The lowest BCUT2D eigenvalue weighted by Crippen LogP contribution is -2.18. The molecule has 0 unspecified atom stereocenters. The highest BCUT2D eigenvalue weighted by atomic mass is 35.5. The first-order valence-corrected chi connectivity index (χ1v) is 10.1. The lowest BCUT2D eigenvalue weighted by molar-refractivity contribution is -0.137. The monoisotopic (exact) mass is 452 g/mol. The molecular formula is C21H16ClF3N2O2S. The Kier molecular flexibility index (Phi) is 6.58. The van der Waals surface area contributed by atoms with E-state index in [1.807, 2.05) is 24.3 Å². The Bertz CT molecular complexity index is 1110. The lowest BCUT2D eigenvalue weighted by atomic mass is 10.1. The van der Waals surface area contributed by atoms with Crippen LogP contribution in [0.5, 0.6) is 0 Å². The summed E-state index contributed by atoms with van der Waals surface area (Å²) in [5, 5.41) is 6.83. The largest absolute Gasteiger partial charge is 0.418 e. The second kappa shape index (κ2) is 8.97. The van der Waals surface area contributed by atoms with Crippen molar-refractivity contribution in [1.29, 1.82) is 0 Å². The fourth-order valence-electron chi connectivity index (χ4n) is 2.88. The molecule has 0 fully saturated rings. The van der Waals surface area contributed by atoms with E-state index in [0.717, 1.165) is 27.8 Å². The van der Waals surface area contributed by atoms with Gasteiger partial charge in [-0.15, -0.1) is 11.8 Å². The molecule has 0 saturated carbocycles. The molecule has 30 heavy (non-hydrogen) atoms. The molecule has 0 atom stereocenters. The Morgan fingerprint density at radius 3 is 2.40 bits per heavy atom. The quantitative estimate of drug-likeness (QED) is 0.453. The van der Waals surface area contributed by atoms with E-state index in [9.17, 15) is 22.8 Å². The molecule has 2 amide bonds. The van der Waals surface area contributed by atoms with Gasteiger partial charge >= 0.3 is 6.18 Å². The molecule has 0 bridgehead atoms. The first kappa shape index (κ1) is 22.0. The van der Waals surface area contributed by atoms with Crippen LogP contribution in [0.4, 0.5) is 24.5 Å². The summed E-state index contributed by atoms with van der Waals surface area (Å²) in [5.41, 5.74) is -1.42. The molecule has 4 nitrogen and oxygen atoms in total. The SMILES string of the molecule is CC(=O)Nc1ccc(NC(=O)CSc2cccc3cccc(Cl)c23)c(C(F)(F)F)c1. The Hall–Kier alpha value is -2.71. The minimum Gasteiger partial charge on any atom is -0.326 e. The Balaban J connectivity index is 1.78. The summed E-state index contributed by atoms with van der Waals surface area (Å²) in [6, 6.07) is 14.1. The number of nitrogens with one attached hydrogen (secondary N) is 2. The van der Waals surface area contributed by atoms with Gasteiger partial charge in [0.2, 0.25) is 11.8 Å². The van der Waals surface area contributed by atoms with E-state index in [2.05, 4.69) is 10.6 Å². The molecule has 0 saturated heterocycles. The minimum absolute atomic E-state index is 0.00686. The zero-order valence-corrected chi connectivity index (χ0v) is 17.2. The van der Waals surface area contributed by atoms with Crippen LogP contribution in [0.2, 0.25) is 5.02 Å². The molecule has 3 rings (SSSR count). The predicted molar refractivity (Wildman–Crippen MR) is 114 cm³/mol. The van der Waals surface area contributed by atoms with Gasteiger partial charge in [-0.3, -0.25) is 9.59 Å². The van der Waals surface area contributed by atoms with Crippen molar-refractivity contribution in [3.63, 3.8) is 0 Å². The van der Waals surface area contributed by atoms with Crippen molar-refractivity contribution in [2.75, 3.05) is 16.4 Å². The summed E-state index contributed by atoms with van der Waals surface area (Å²) < 4.78 is 40.2. The van der Waals surface area contributed by atoms with Crippen LogP contribution < -0.4 is 10.6 Å². The van der Waals surface area contributed by atoms with Crippen molar-refractivity contribution < 1.29 is 22.8 Å². The Morgan fingerprint density at radius 2 is 1.73 bits per heavy atom. The number of alkyl halides is 3. The topological polar surface area (TPSA) is 58.2 Å². The highest BCUT2D eigenvalue weighted by molar-refractivity contribution is 8.00. The van der Waals surface area contributed by atoms with Gasteiger partial charge in [-0.05, 0) is 35.7 Å². The van der Waals surface area contributed by atoms with Crippen molar-refractivity contribution in [3.05, 3.63) is 65.2 Å². The predicted octanol–water partition coefficient (Wildman–Crippen LogP) is 6.20. The molecule has 9 heteroatoms. The number of amides is 2. The average Bonchev–Trinajstić information content (AvgIpc) is 2.66. The highest BCUT2D eigenvalue weighted by Gasteiger charge is 2.34. The van der Waals surface area contributed by atoms with E-state index in [1.54, 1.807) is 12.1 Å². The van der Waals surface area contributed by atoms with Gasteiger partial charge in [0.1, 0.15) is 0 Å². The Morgan fingerprint density at radius 1 is 1.03 bits per heavy atom. The third kappa shape index (κ3) is 5.25. The standard InChI is InChI=1S/C21H16ClF3N2O2S/c1-12(28)26-14-8-9-17(15(10-14)21(23,24)25)27-19(29)11-30-18-7-3-5-13-4-2-6-16(22)20(13)18/h2-10H,11H2,1H3,(H,26,28)(H,27,29). The molecule has 156 valence electrons. The third-order valence-electron chi connectivity index (χ3n) is 4.09. The van der Waals surface area contributed by atoms with E-state index in [0.29, 0.717) is 5.02 Å². The van der Waals surface area contributed by atoms with Crippen LogP contribution in [-0.4, -0.2) is 17.6 Å². The van der Waals surface area contributed by atoms with Crippen molar-refractivity contribution in [1.82, 2.24) is 0 Å². The normalized spacial score (nSPS) is 11.4. The number of carbonyl (C=O) groups excluding carboxylic acids is 2. The maximum Gasteiger partial charge on any atom is 0.418 e. The minimum atomic E-state index is -4.70. The smallest absolute Gasteiger partial charge is 0.326 e. The second-order valence-electron chi connectivity index (χ2n) is 6.37. The molecule has 2 N–H and O–H groups in total. The molecule has 0 spiro atoms. The fraction of sp³-hybridized carbons (Fsp3) is 0.143. The van der Waals surface area contributed by atoms with Gasteiger partial charge in [-0.1, -0.05) is 35.9 Å². The number of carbonyl (C=O) groups is 2. The summed E-state index contributed by atoms with van der Waals surface area (Å²) in [6.07, 6.45) is -4.70. The number of anilines is 2. The van der Waals surface area contributed by atoms with E-state index in [-0.39, 0.29) is 17.1 Å². The summed E-state index contributed by atoms with van der Waals surface area (Å²) >= 11 is 7.44. The maximum atomic E-state index is 13.4. The van der Waals surface area contributed by atoms with E-state index in [1.165, 1.54) is 24.8 Å². The summed E-state index contributed by atoms with van der Waals surface area (Å²) in [7, 11) is 0. The number of fused-ring (bicyclic) bond motifs is 1. The van der Waals surface area contributed by atoms with Crippen LogP contribution in [0, 0.1) is 0 Å². The highest BCUT2D eigenvalue weighted by Crippen LogP contribution is 2.37. The third-order valence-corrected chi connectivity index (χ3v) is 5.47. The molecule has 0 radical (unpaired) electrons. The molecule has 3 aromatic rings. The summed E-state index contributed by atoms with van der Waals surface area (Å²) in [5.74, 6) is -1.19. The molecule has 0 heterocycles. The van der Waals surface area contributed by atoms with Crippen LogP contribution in [0.1, 0.15) is 12.5 Å². The van der Waals surface area contributed by atoms with E-state index < -0.39 is 23.6 Å². The number of hydrogen-bond donors (Lipinski definition) is 2. The number of thioether (sulfide) groups is 1. The van der Waals surface area contributed by atoms with Crippen molar-refractivity contribution in [2.24, 2.45) is 0 Å². The van der Waals surface area contributed by atoms with E-state index >= 15 is 0 Å². The van der Waals surface area contributed by atoms with Gasteiger partial charge in [0, 0.05) is 27.9 Å². The van der Waals surface area contributed by atoms with Crippen molar-refractivity contribution in [2.45, 2.75) is 18.0 Å². The van der Waals surface area contributed by atoms with Gasteiger partial charge in [0.05, 0.1) is 17.0 Å². The number of halogens is 4. The molecule has 0 aromatic heterocycles. The summed E-state index contributed by atoms with van der Waals surface area (Å²) in [4.78, 5) is 24.2. The molecular weight excluding hydrogens is 437 g/mol. The van der Waals surface area contributed by atoms with Crippen LogP contribution in [0.25, 0.3) is 10.8 Å². The zero-order chi connectivity index (χ0) is 21.9.